The molecule has 0 fully saturated rings. The van der Waals surface area contributed by atoms with Crippen molar-refractivity contribution in [2.45, 2.75) is 34.1 Å². The fourth-order valence-corrected chi connectivity index (χ4v) is 2.20. The van der Waals surface area contributed by atoms with Crippen LogP contribution < -0.4 is 4.74 Å². The molecule has 0 aliphatic heterocycles. The molecule has 0 bridgehead atoms. The van der Waals surface area contributed by atoms with Crippen molar-refractivity contribution >= 4 is 5.97 Å². The summed E-state index contributed by atoms with van der Waals surface area (Å²) in [6.45, 7) is 7.36. The molecule has 0 aliphatic carbocycles. The molecule has 110 valence electrons. The summed E-state index contributed by atoms with van der Waals surface area (Å²) in [6.07, 6.45) is 0.711. The molecule has 0 unspecified atom stereocenters. The van der Waals surface area contributed by atoms with Crippen LogP contribution in [0, 0.1) is 20.8 Å². The maximum Gasteiger partial charge on any atom is 0.341 e. The van der Waals surface area contributed by atoms with E-state index < -0.39 is 5.97 Å². The summed E-state index contributed by atoms with van der Waals surface area (Å²) in [7, 11) is 0. The van der Waals surface area contributed by atoms with Gasteiger partial charge in [0.05, 0.1) is 11.4 Å². The number of ether oxygens (including phenoxy) is 1. The lowest BCUT2D eigenvalue weighted by molar-refractivity contribution is 0.0692. The van der Waals surface area contributed by atoms with Crippen molar-refractivity contribution in [1.82, 2.24) is 9.97 Å². The number of hydrogen-bond acceptors (Lipinski definition) is 4. The van der Waals surface area contributed by atoms with Gasteiger partial charge in [0.15, 0.2) is 0 Å². The van der Waals surface area contributed by atoms with Gasteiger partial charge in [0.1, 0.15) is 17.1 Å². The van der Waals surface area contributed by atoms with Crippen LogP contribution in [-0.2, 0) is 6.42 Å². The second-order valence-electron chi connectivity index (χ2n) is 4.88. The van der Waals surface area contributed by atoms with E-state index in [4.69, 9.17) is 4.74 Å². The molecule has 0 saturated heterocycles. The van der Waals surface area contributed by atoms with Gasteiger partial charge in [0, 0.05) is 17.5 Å². The number of carboxylic acid groups (broad SMARTS) is 1. The van der Waals surface area contributed by atoms with Crippen LogP contribution in [0.2, 0.25) is 0 Å². The first-order valence-corrected chi connectivity index (χ1v) is 6.78. The highest BCUT2D eigenvalue weighted by molar-refractivity contribution is 5.92. The lowest BCUT2D eigenvalue weighted by Gasteiger charge is -2.14. The van der Waals surface area contributed by atoms with Gasteiger partial charge >= 0.3 is 5.97 Å². The van der Waals surface area contributed by atoms with Crippen molar-refractivity contribution in [1.29, 1.82) is 0 Å². The topological polar surface area (TPSA) is 72.3 Å². The zero-order valence-corrected chi connectivity index (χ0v) is 12.6. The summed E-state index contributed by atoms with van der Waals surface area (Å²) in [6, 6.07) is 5.30. The SMILES string of the molecule is CCc1nc(C)ccc1Oc1cc(C)nc(C)c1C(=O)O. The number of aromatic nitrogens is 2. The van der Waals surface area contributed by atoms with E-state index in [0.717, 1.165) is 11.4 Å². The van der Waals surface area contributed by atoms with E-state index in [-0.39, 0.29) is 5.56 Å². The predicted octanol–water partition coefficient (Wildman–Crippen LogP) is 3.45. The molecule has 2 heterocycles. The average Bonchev–Trinajstić information content (AvgIpc) is 2.39. The molecule has 0 aromatic carbocycles. The van der Waals surface area contributed by atoms with Gasteiger partial charge in [0.2, 0.25) is 0 Å². The van der Waals surface area contributed by atoms with Crippen molar-refractivity contribution in [3.8, 4) is 11.5 Å². The Bertz CT molecular complexity index is 696. The van der Waals surface area contributed by atoms with Gasteiger partial charge < -0.3 is 9.84 Å². The monoisotopic (exact) mass is 286 g/mol. The minimum Gasteiger partial charge on any atom is -0.477 e. The van der Waals surface area contributed by atoms with Crippen LogP contribution in [-0.4, -0.2) is 21.0 Å². The third-order valence-electron chi connectivity index (χ3n) is 3.13. The first-order chi connectivity index (χ1) is 9.92. The van der Waals surface area contributed by atoms with E-state index in [2.05, 4.69) is 9.97 Å². The number of aryl methyl sites for hydroxylation is 4. The zero-order chi connectivity index (χ0) is 15.6. The molecule has 5 nitrogen and oxygen atoms in total. The molecule has 0 atom stereocenters. The third-order valence-corrected chi connectivity index (χ3v) is 3.13. The highest BCUT2D eigenvalue weighted by Crippen LogP contribution is 2.30. The van der Waals surface area contributed by atoms with Crippen molar-refractivity contribution in [3.63, 3.8) is 0 Å². The van der Waals surface area contributed by atoms with Crippen LogP contribution in [0.5, 0.6) is 11.5 Å². The van der Waals surface area contributed by atoms with Crippen LogP contribution in [0.1, 0.15) is 40.1 Å². The smallest absolute Gasteiger partial charge is 0.341 e. The van der Waals surface area contributed by atoms with Gasteiger partial charge in [-0.05, 0) is 39.3 Å². The summed E-state index contributed by atoms with van der Waals surface area (Å²) in [5.74, 6) is -0.170. The Labute approximate surface area is 123 Å². The average molecular weight is 286 g/mol. The summed E-state index contributed by atoms with van der Waals surface area (Å²) in [5.41, 5.74) is 2.95. The standard InChI is InChI=1S/C16H18N2O3/c1-5-12-13(7-6-9(2)18-12)21-14-8-10(3)17-11(4)15(14)16(19)20/h6-8H,5H2,1-4H3,(H,19,20). The van der Waals surface area contributed by atoms with Gasteiger partial charge in [0.25, 0.3) is 0 Å². The van der Waals surface area contributed by atoms with Crippen LogP contribution >= 0.6 is 0 Å². The summed E-state index contributed by atoms with van der Waals surface area (Å²) < 4.78 is 5.83. The molecular weight excluding hydrogens is 268 g/mol. The first kappa shape index (κ1) is 15.0. The lowest BCUT2D eigenvalue weighted by atomic mass is 10.1. The van der Waals surface area contributed by atoms with Gasteiger partial charge in [-0.1, -0.05) is 6.92 Å². The Balaban J connectivity index is 2.51. The zero-order valence-electron chi connectivity index (χ0n) is 12.6. The molecule has 0 amide bonds. The third kappa shape index (κ3) is 3.18. The fraction of sp³-hybridized carbons (Fsp3) is 0.312. The second kappa shape index (κ2) is 5.91. The predicted molar refractivity (Wildman–Crippen MR) is 79.1 cm³/mol. The maximum atomic E-state index is 11.4. The molecule has 1 N–H and O–H groups in total. The van der Waals surface area contributed by atoms with E-state index >= 15 is 0 Å². The fourth-order valence-electron chi connectivity index (χ4n) is 2.20. The van der Waals surface area contributed by atoms with Crippen molar-refractivity contribution < 1.29 is 14.6 Å². The maximum absolute atomic E-state index is 11.4. The van der Waals surface area contributed by atoms with E-state index in [9.17, 15) is 9.90 Å². The van der Waals surface area contributed by atoms with E-state index in [1.807, 2.05) is 26.0 Å². The molecule has 0 aliphatic rings. The molecular formula is C16H18N2O3. The Morgan fingerprint density at radius 1 is 1.14 bits per heavy atom. The second-order valence-corrected chi connectivity index (χ2v) is 4.88. The van der Waals surface area contributed by atoms with E-state index in [1.165, 1.54) is 0 Å². The molecule has 5 heteroatoms. The Morgan fingerprint density at radius 2 is 1.86 bits per heavy atom. The van der Waals surface area contributed by atoms with Crippen LogP contribution in [0.15, 0.2) is 18.2 Å². The summed E-state index contributed by atoms with van der Waals surface area (Å²) in [4.78, 5) is 20.0. The highest BCUT2D eigenvalue weighted by Gasteiger charge is 2.18. The minimum absolute atomic E-state index is 0.0863. The van der Waals surface area contributed by atoms with Gasteiger partial charge in [-0.3, -0.25) is 9.97 Å². The van der Waals surface area contributed by atoms with Gasteiger partial charge in [-0.25, -0.2) is 4.79 Å². The molecule has 2 aromatic rings. The molecule has 0 saturated carbocycles. The number of nitrogens with zero attached hydrogens (tertiary/aromatic N) is 2. The summed E-state index contributed by atoms with van der Waals surface area (Å²) >= 11 is 0. The molecule has 0 radical (unpaired) electrons. The minimum atomic E-state index is -1.05. The summed E-state index contributed by atoms with van der Waals surface area (Å²) in [5, 5.41) is 9.35. The molecule has 21 heavy (non-hydrogen) atoms. The van der Waals surface area contributed by atoms with Crippen molar-refractivity contribution in [3.05, 3.63) is 46.5 Å². The van der Waals surface area contributed by atoms with Crippen molar-refractivity contribution in [2.75, 3.05) is 0 Å². The molecule has 2 aromatic heterocycles. The van der Waals surface area contributed by atoms with E-state index in [1.54, 1.807) is 19.9 Å². The van der Waals surface area contributed by atoms with Crippen molar-refractivity contribution in [2.24, 2.45) is 0 Å². The number of carbonyl (C=O) groups is 1. The number of pyridine rings is 2. The van der Waals surface area contributed by atoms with E-state index in [0.29, 0.717) is 29.3 Å². The Hall–Kier alpha value is -2.43. The largest absolute Gasteiger partial charge is 0.477 e. The number of aromatic carboxylic acids is 1. The number of carboxylic acids is 1. The lowest BCUT2D eigenvalue weighted by Crippen LogP contribution is -2.07. The normalized spacial score (nSPS) is 10.5. The number of rotatable bonds is 4. The van der Waals surface area contributed by atoms with Gasteiger partial charge in [-0.2, -0.15) is 0 Å². The quantitative estimate of drug-likeness (QED) is 0.931. The first-order valence-electron chi connectivity index (χ1n) is 6.78. The van der Waals surface area contributed by atoms with Crippen LogP contribution in [0.4, 0.5) is 0 Å². The highest BCUT2D eigenvalue weighted by atomic mass is 16.5. The van der Waals surface area contributed by atoms with Crippen LogP contribution in [0.25, 0.3) is 0 Å². The number of hydrogen-bond donors (Lipinski definition) is 1. The molecule has 0 spiro atoms. The Morgan fingerprint density at radius 3 is 2.48 bits per heavy atom. The Kier molecular flexibility index (Phi) is 4.21. The molecule has 2 rings (SSSR count). The van der Waals surface area contributed by atoms with Crippen LogP contribution in [0.3, 0.4) is 0 Å². The van der Waals surface area contributed by atoms with Gasteiger partial charge in [-0.15, -0.1) is 0 Å².